The molecule has 6 heteroatoms. The van der Waals surface area contributed by atoms with Crippen LogP contribution in [0.4, 0.5) is 0 Å². The number of benzene rings is 4. The van der Waals surface area contributed by atoms with Crippen molar-refractivity contribution in [2.24, 2.45) is 0 Å². The molecule has 2 N–H and O–H groups in total. The molecule has 0 bridgehead atoms. The summed E-state index contributed by atoms with van der Waals surface area (Å²) in [6.07, 6.45) is 0.651. The van der Waals surface area contributed by atoms with E-state index in [1.165, 1.54) is 11.1 Å². The molecule has 0 fully saturated rings. The first-order valence-electron chi connectivity index (χ1n) is 11.2. The van der Waals surface area contributed by atoms with Crippen LogP contribution in [0, 0.1) is 0 Å². The van der Waals surface area contributed by atoms with Crippen LogP contribution in [-0.2, 0) is 10.0 Å². The molecule has 0 amide bonds. The number of aromatic amines is 1. The number of aromatic nitrogens is 2. The largest absolute Gasteiger partial charge is 0.338 e. The summed E-state index contributed by atoms with van der Waals surface area (Å²) in [6, 6.07) is 35.1. The third kappa shape index (κ3) is 4.78. The van der Waals surface area contributed by atoms with Gasteiger partial charge in [-0.15, -0.1) is 0 Å². The van der Waals surface area contributed by atoms with E-state index in [9.17, 15) is 8.42 Å². The standard InChI is InChI=1S/C28H25N3O2S/c32-34(33,24-16-17-26-27(20-24)31-28(30-26)23-14-8-3-9-15-23)29-19-18-25(21-10-4-1-5-11-21)22-12-6-2-7-13-22/h1-17,20,25,29H,18-19H2,(H,30,31). The number of sulfonamides is 1. The van der Waals surface area contributed by atoms with E-state index < -0.39 is 10.0 Å². The van der Waals surface area contributed by atoms with Crippen molar-refractivity contribution >= 4 is 21.1 Å². The lowest BCUT2D eigenvalue weighted by molar-refractivity contribution is 0.575. The Morgan fingerprint density at radius 3 is 1.97 bits per heavy atom. The first-order valence-corrected chi connectivity index (χ1v) is 12.7. The van der Waals surface area contributed by atoms with E-state index in [2.05, 4.69) is 39.0 Å². The molecule has 5 rings (SSSR count). The third-order valence-corrected chi connectivity index (χ3v) is 7.40. The van der Waals surface area contributed by atoms with Gasteiger partial charge in [-0.05, 0) is 35.7 Å². The van der Waals surface area contributed by atoms with Crippen molar-refractivity contribution in [1.29, 1.82) is 0 Å². The quantitative estimate of drug-likeness (QED) is 0.306. The molecule has 1 aromatic heterocycles. The molecule has 0 spiro atoms. The van der Waals surface area contributed by atoms with E-state index in [1.807, 2.05) is 66.7 Å². The summed E-state index contributed by atoms with van der Waals surface area (Å²) in [4.78, 5) is 8.05. The Balaban J connectivity index is 1.34. The second kappa shape index (κ2) is 9.63. The molecule has 0 saturated heterocycles. The number of nitrogens with one attached hydrogen (secondary N) is 2. The molecule has 0 atom stereocenters. The van der Waals surface area contributed by atoms with Gasteiger partial charge in [0.1, 0.15) is 5.82 Å². The highest BCUT2D eigenvalue weighted by Crippen LogP contribution is 2.28. The number of imidazole rings is 1. The van der Waals surface area contributed by atoms with E-state index in [0.29, 0.717) is 24.3 Å². The Kier molecular flexibility index (Phi) is 6.25. The van der Waals surface area contributed by atoms with E-state index in [1.54, 1.807) is 18.2 Å². The maximum atomic E-state index is 13.1. The number of nitrogens with zero attached hydrogens (tertiary/aromatic N) is 1. The van der Waals surface area contributed by atoms with Crippen LogP contribution in [-0.4, -0.2) is 24.9 Å². The summed E-state index contributed by atoms with van der Waals surface area (Å²) in [7, 11) is -3.66. The molecule has 0 saturated carbocycles. The molecule has 0 radical (unpaired) electrons. The zero-order valence-electron chi connectivity index (χ0n) is 18.6. The van der Waals surface area contributed by atoms with Gasteiger partial charge in [-0.3, -0.25) is 0 Å². The van der Waals surface area contributed by atoms with E-state index in [-0.39, 0.29) is 10.8 Å². The summed E-state index contributed by atoms with van der Waals surface area (Å²) in [5.41, 5.74) is 4.70. The van der Waals surface area contributed by atoms with Gasteiger partial charge >= 0.3 is 0 Å². The van der Waals surface area contributed by atoms with Gasteiger partial charge in [-0.1, -0.05) is 91.0 Å². The van der Waals surface area contributed by atoms with Gasteiger partial charge < -0.3 is 4.98 Å². The lowest BCUT2D eigenvalue weighted by Gasteiger charge is -2.18. The maximum absolute atomic E-state index is 13.1. The highest BCUT2D eigenvalue weighted by atomic mass is 32.2. The van der Waals surface area contributed by atoms with E-state index in [0.717, 1.165) is 11.1 Å². The van der Waals surface area contributed by atoms with Gasteiger partial charge in [0, 0.05) is 18.0 Å². The predicted molar refractivity (Wildman–Crippen MR) is 136 cm³/mol. The van der Waals surface area contributed by atoms with Gasteiger partial charge in [0.25, 0.3) is 0 Å². The van der Waals surface area contributed by atoms with Crippen LogP contribution in [0.2, 0.25) is 0 Å². The molecule has 0 aliphatic heterocycles. The Morgan fingerprint density at radius 1 is 0.765 bits per heavy atom. The average molecular weight is 468 g/mol. The fourth-order valence-corrected chi connectivity index (χ4v) is 5.28. The van der Waals surface area contributed by atoms with Crippen LogP contribution < -0.4 is 4.72 Å². The normalized spacial score (nSPS) is 11.8. The number of rotatable bonds is 8. The van der Waals surface area contributed by atoms with Crippen molar-refractivity contribution in [3.63, 3.8) is 0 Å². The fourth-order valence-electron chi connectivity index (χ4n) is 4.21. The van der Waals surface area contributed by atoms with Crippen molar-refractivity contribution < 1.29 is 8.42 Å². The topological polar surface area (TPSA) is 74.8 Å². The first-order chi connectivity index (χ1) is 16.6. The zero-order chi connectivity index (χ0) is 23.4. The summed E-state index contributed by atoms with van der Waals surface area (Å²) < 4.78 is 28.9. The summed E-state index contributed by atoms with van der Waals surface area (Å²) in [6.45, 7) is 0.326. The highest BCUT2D eigenvalue weighted by Gasteiger charge is 2.18. The van der Waals surface area contributed by atoms with Gasteiger partial charge in [0.15, 0.2) is 0 Å². The van der Waals surface area contributed by atoms with Gasteiger partial charge in [-0.2, -0.15) is 0 Å². The minimum Gasteiger partial charge on any atom is -0.338 e. The first kappa shape index (κ1) is 22.1. The predicted octanol–water partition coefficient (Wildman–Crippen LogP) is 5.73. The van der Waals surface area contributed by atoms with Crippen molar-refractivity contribution in [3.8, 4) is 11.4 Å². The monoisotopic (exact) mass is 467 g/mol. The van der Waals surface area contributed by atoms with Crippen LogP contribution in [0.1, 0.15) is 23.5 Å². The lowest BCUT2D eigenvalue weighted by atomic mass is 9.89. The lowest BCUT2D eigenvalue weighted by Crippen LogP contribution is -2.26. The molecular weight excluding hydrogens is 442 g/mol. The Labute approximate surface area is 199 Å². The molecule has 5 aromatic rings. The minimum atomic E-state index is -3.66. The number of H-pyrrole nitrogens is 1. The second-order valence-corrected chi connectivity index (χ2v) is 9.96. The molecule has 5 nitrogen and oxygen atoms in total. The molecule has 1 heterocycles. The maximum Gasteiger partial charge on any atom is 0.240 e. The van der Waals surface area contributed by atoms with Gasteiger partial charge in [0.2, 0.25) is 10.0 Å². The summed E-state index contributed by atoms with van der Waals surface area (Å²) >= 11 is 0. The second-order valence-electron chi connectivity index (χ2n) is 8.19. The molecular formula is C28H25N3O2S. The van der Waals surface area contributed by atoms with Crippen molar-refractivity contribution in [2.75, 3.05) is 6.54 Å². The number of fused-ring (bicyclic) bond motifs is 1. The highest BCUT2D eigenvalue weighted by molar-refractivity contribution is 7.89. The SMILES string of the molecule is O=S(=O)(NCCC(c1ccccc1)c1ccccc1)c1ccc2nc(-c3ccccc3)[nH]c2c1. The van der Waals surface area contributed by atoms with Crippen molar-refractivity contribution in [3.05, 3.63) is 120 Å². The Morgan fingerprint density at radius 2 is 1.35 bits per heavy atom. The molecule has 34 heavy (non-hydrogen) atoms. The van der Waals surface area contributed by atoms with Crippen LogP contribution in [0.15, 0.2) is 114 Å². The summed E-state index contributed by atoms with van der Waals surface area (Å²) in [5.74, 6) is 0.820. The van der Waals surface area contributed by atoms with Gasteiger partial charge in [0.05, 0.1) is 15.9 Å². The van der Waals surface area contributed by atoms with Crippen molar-refractivity contribution in [2.45, 2.75) is 17.2 Å². The van der Waals surface area contributed by atoms with Crippen molar-refractivity contribution in [1.82, 2.24) is 14.7 Å². The van der Waals surface area contributed by atoms with E-state index in [4.69, 9.17) is 0 Å². The van der Waals surface area contributed by atoms with E-state index >= 15 is 0 Å². The molecule has 170 valence electrons. The average Bonchev–Trinajstić information content (AvgIpc) is 3.32. The number of hydrogen-bond donors (Lipinski definition) is 2. The van der Waals surface area contributed by atoms with Gasteiger partial charge in [-0.25, -0.2) is 18.1 Å². The van der Waals surface area contributed by atoms with Crippen LogP contribution in [0.25, 0.3) is 22.4 Å². The third-order valence-electron chi connectivity index (χ3n) is 5.94. The zero-order valence-corrected chi connectivity index (χ0v) is 19.4. The minimum absolute atomic E-state index is 0.105. The molecule has 0 aliphatic carbocycles. The van der Waals surface area contributed by atoms with Crippen LogP contribution in [0.5, 0.6) is 0 Å². The molecule has 0 aliphatic rings. The molecule has 4 aromatic carbocycles. The smallest absolute Gasteiger partial charge is 0.240 e. The van der Waals surface area contributed by atoms with Crippen LogP contribution in [0.3, 0.4) is 0 Å². The molecule has 0 unspecified atom stereocenters. The number of hydrogen-bond acceptors (Lipinski definition) is 3. The fraction of sp³-hybridized carbons (Fsp3) is 0.107. The van der Waals surface area contributed by atoms with Crippen LogP contribution >= 0.6 is 0 Å². The summed E-state index contributed by atoms with van der Waals surface area (Å²) in [5, 5.41) is 0. The Hall–Kier alpha value is -3.74. The Bertz CT molecular complexity index is 1440.